The van der Waals surface area contributed by atoms with E-state index in [-0.39, 0.29) is 0 Å². The summed E-state index contributed by atoms with van der Waals surface area (Å²) in [4.78, 5) is 0. The number of hydrogen-bond acceptors (Lipinski definition) is 2. The predicted octanol–water partition coefficient (Wildman–Crippen LogP) is 13.0. The normalized spacial score (nSPS) is 13.1. The molecule has 9 aromatic rings. The van der Waals surface area contributed by atoms with E-state index in [2.05, 4.69) is 187 Å². The average molecular weight is 642 g/mol. The Morgan fingerprint density at radius 3 is 1.82 bits per heavy atom. The number of fused-ring (bicyclic) bond motifs is 8. The van der Waals surface area contributed by atoms with Gasteiger partial charge in [-0.05, 0) is 62.4 Å². The van der Waals surface area contributed by atoms with Crippen LogP contribution < -0.4 is 5.32 Å². The minimum absolute atomic E-state index is 0.397. The molecule has 0 amide bonds. The summed E-state index contributed by atoms with van der Waals surface area (Å²) in [6, 6.07) is 66.6. The minimum atomic E-state index is -0.397. The van der Waals surface area contributed by atoms with E-state index in [9.17, 15) is 0 Å². The van der Waals surface area contributed by atoms with E-state index in [1.807, 2.05) is 11.3 Å². The van der Waals surface area contributed by atoms with Crippen LogP contribution in [0.2, 0.25) is 0 Å². The molecule has 0 bridgehead atoms. The lowest BCUT2D eigenvalue weighted by Gasteiger charge is -2.33. The van der Waals surface area contributed by atoms with Gasteiger partial charge in [0.2, 0.25) is 0 Å². The molecule has 0 saturated heterocycles. The maximum atomic E-state index is 3.87. The molecule has 10 rings (SSSR count). The second kappa shape index (κ2) is 11.1. The van der Waals surface area contributed by atoms with Gasteiger partial charge in [-0.2, -0.15) is 0 Å². The summed E-state index contributed by atoms with van der Waals surface area (Å²) in [6.45, 7) is 0. The maximum Gasteiger partial charge on any atom is 0.0713 e. The Labute approximate surface area is 289 Å². The zero-order valence-corrected chi connectivity index (χ0v) is 27.5. The van der Waals surface area contributed by atoms with Crippen LogP contribution in [0, 0.1) is 0 Å². The number of benzene rings is 8. The van der Waals surface area contributed by atoms with Crippen LogP contribution in [0.5, 0.6) is 0 Å². The summed E-state index contributed by atoms with van der Waals surface area (Å²) in [7, 11) is 0. The summed E-state index contributed by atoms with van der Waals surface area (Å²) in [6.07, 6.45) is 0. The largest absolute Gasteiger partial charge is 0.355 e. The first-order valence-corrected chi connectivity index (χ1v) is 17.7. The molecule has 1 heterocycles. The van der Waals surface area contributed by atoms with E-state index in [0.717, 1.165) is 11.4 Å². The fourth-order valence-electron chi connectivity index (χ4n) is 8.25. The van der Waals surface area contributed by atoms with Gasteiger partial charge in [-0.3, -0.25) is 0 Å². The zero-order chi connectivity index (χ0) is 32.4. The van der Waals surface area contributed by atoms with Crippen molar-refractivity contribution >= 4 is 53.7 Å². The van der Waals surface area contributed by atoms with Crippen molar-refractivity contribution in [2.75, 3.05) is 5.32 Å². The first kappa shape index (κ1) is 28.1. The molecule has 2 heteroatoms. The third kappa shape index (κ3) is 4.18. The second-order valence-corrected chi connectivity index (χ2v) is 13.9. The molecule has 1 N–H and O–H groups in total. The van der Waals surface area contributed by atoms with Crippen molar-refractivity contribution in [3.63, 3.8) is 0 Å². The van der Waals surface area contributed by atoms with Crippen LogP contribution in [-0.2, 0) is 5.41 Å². The third-order valence-corrected chi connectivity index (χ3v) is 11.6. The second-order valence-electron chi connectivity index (χ2n) is 12.9. The summed E-state index contributed by atoms with van der Waals surface area (Å²) >= 11 is 1.90. The van der Waals surface area contributed by atoms with Gasteiger partial charge in [0.15, 0.2) is 0 Å². The molecule has 0 unspecified atom stereocenters. The molecule has 0 aliphatic heterocycles. The van der Waals surface area contributed by atoms with E-state index < -0.39 is 5.41 Å². The first-order chi connectivity index (χ1) is 24.3. The van der Waals surface area contributed by atoms with Crippen LogP contribution in [0.1, 0.15) is 22.3 Å². The monoisotopic (exact) mass is 641 g/mol. The number of nitrogens with one attached hydrogen (secondary N) is 1. The quantitative estimate of drug-likeness (QED) is 0.197. The standard InChI is InChI=1S/C47H31NS/c1-3-15-32(16-4-1)47(33-17-5-2-6-18-33)42-24-11-9-20-36(42)41-30-34(27-29-43(41)47)48-44-25-12-10-21-37(44)38-22-13-23-39-40-28-26-31-14-7-8-19-35(31)45(40)49-46(38)39/h1-30,48H. The lowest BCUT2D eigenvalue weighted by Crippen LogP contribution is -2.28. The van der Waals surface area contributed by atoms with Gasteiger partial charge in [0, 0.05) is 42.7 Å². The molecule has 230 valence electrons. The van der Waals surface area contributed by atoms with Gasteiger partial charge in [-0.15, -0.1) is 11.3 Å². The molecule has 0 saturated carbocycles. The van der Waals surface area contributed by atoms with Crippen LogP contribution in [-0.4, -0.2) is 0 Å². The fourth-order valence-corrected chi connectivity index (χ4v) is 9.61. The van der Waals surface area contributed by atoms with Crippen molar-refractivity contribution in [1.82, 2.24) is 0 Å². The summed E-state index contributed by atoms with van der Waals surface area (Å²) in [5.41, 5.74) is 12.0. The van der Waals surface area contributed by atoms with Gasteiger partial charge < -0.3 is 5.32 Å². The molecule has 1 aliphatic rings. The molecular weight excluding hydrogens is 611 g/mol. The number of anilines is 2. The Kier molecular flexibility index (Phi) is 6.34. The minimum Gasteiger partial charge on any atom is -0.355 e. The highest BCUT2D eigenvalue weighted by Crippen LogP contribution is 2.56. The van der Waals surface area contributed by atoms with E-state index in [4.69, 9.17) is 0 Å². The van der Waals surface area contributed by atoms with Gasteiger partial charge in [0.1, 0.15) is 0 Å². The highest BCUT2D eigenvalue weighted by molar-refractivity contribution is 7.27. The van der Waals surface area contributed by atoms with Crippen molar-refractivity contribution in [3.05, 3.63) is 204 Å². The number of hydrogen-bond donors (Lipinski definition) is 1. The van der Waals surface area contributed by atoms with Crippen LogP contribution in [0.4, 0.5) is 11.4 Å². The van der Waals surface area contributed by atoms with Crippen LogP contribution in [0.25, 0.3) is 53.2 Å². The highest BCUT2D eigenvalue weighted by Gasteiger charge is 2.45. The molecule has 0 radical (unpaired) electrons. The SMILES string of the molecule is c1ccc(C2(c3ccccc3)c3ccccc3-c3cc(Nc4ccccc4-c4cccc5c4sc4c6ccccc6ccc54)ccc32)cc1. The third-order valence-electron chi connectivity index (χ3n) is 10.3. The summed E-state index contributed by atoms with van der Waals surface area (Å²) in [5.74, 6) is 0. The van der Waals surface area contributed by atoms with Crippen molar-refractivity contribution in [1.29, 1.82) is 0 Å². The van der Waals surface area contributed by atoms with Crippen LogP contribution >= 0.6 is 11.3 Å². The van der Waals surface area contributed by atoms with Gasteiger partial charge in [0.25, 0.3) is 0 Å². The molecule has 1 aromatic heterocycles. The van der Waals surface area contributed by atoms with Gasteiger partial charge in [-0.1, -0.05) is 164 Å². The van der Waals surface area contributed by atoms with Crippen molar-refractivity contribution in [2.24, 2.45) is 0 Å². The van der Waals surface area contributed by atoms with Crippen LogP contribution in [0.3, 0.4) is 0 Å². The molecule has 8 aromatic carbocycles. The van der Waals surface area contributed by atoms with Crippen molar-refractivity contribution in [2.45, 2.75) is 5.41 Å². The fraction of sp³-hybridized carbons (Fsp3) is 0.0213. The molecule has 1 aliphatic carbocycles. The Hall–Kier alpha value is -5.96. The molecule has 1 nitrogen and oxygen atoms in total. The van der Waals surface area contributed by atoms with E-state index >= 15 is 0 Å². The average Bonchev–Trinajstić information content (AvgIpc) is 3.70. The number of rotatable bonds is 5. The molecule has 0 atom stereocenters. The Morgan fingerprint density at radius 1 is 0.388 bits per heavy atom. The lowest BCUT2D eigenvalue weighted by molar-refractivity contribution is 0.768. The molecule has 0 spiro atoms. The zero-order valence-electron chi connectivity index (χ0n) is 26.7. The smallest absolute Gasteiger partial charge is 0.0713 e. The topological polar surface area (TPSA) is 12.0 Å². The van der Waals surface area contributed by atoms with E-state index in [1.165, 1.54) is 75.5 Å². The highest BCUT2D eigenvalue weighted by atomic mass is 32.1. The Bertz CT molecular complexity index is 2650. The molecular formula is C47H31NS. The van der Waals surface area contributed by atoms with Gasteiger partial charge >= 0.3 is 0 Å². The van der Waals surface area contributed by atoms with Crippen molar-refractivity contribution in [3.8, 4) is 22.3 Å². The predicted molar refractivity (Wildman–Crippen MR) is 209 cm³/mol. The van der Waals surface area contributed by atoms with E-state index in [0.29, 0.717) is 0 Å². The Morgan fingerprint density at radius 2 is 1.00 bits per heavy atom. The summed E-state index contributed by atoms with van der Waals surface area (Å²) < 4.78 is 2.67. The van der Waals surface area contributed by atoms with Gasteiger partial charge in [-0.25, -0.2) is 0 Å². The van der Waals surface area contributed by atoms with Gasteiger partial charge in [0.05, 0.1) is 5.41 Å². The van der Waals surface area contributed by atoms with E-state index in [1.54, 1.807) is 0 Å². The molecule has 49 heavy (non-hydrogen) atoms. The number of para-hydroxylation sites is 1. The van der Waals surface area contributed by atoms with Crippen LogP contribution in [0.15, 0.2) is 182 Å². The first-order valence-electron chi connectivity index (χ1n) is 16.9. The lowest BCUT2D eigenvalue weighted by atomic mass is 9.68. The van der Waals surface area contributed by atoms with Crippen molar-refractivity contribution < 1.29 is 0 Å². The molecule has 0 fully saturated rings. The maximum absolute atomic E-state index is 3.87. The Balaban J connectivity index is 1.13. The number of thiophene rings is 1. The summed E-state index contributed by atoms with van der Waals surface area (Å²) in [5, 5.41) is 9.11.